The number of benzene rings is 2. The molecule has 0 aliphatic carbocycles. The fourth-order valence-corrected chi connectivity index (χ4v) is 3.12. The van der Waals surface area contributed by atoms with Crippen molar-refractivity contribution in [3.8, 4) is 22.2 Å². The van der Waals surface area contributed by atoms with Crippen LogP contribution in [0.15, 0.2) is 47.5 Å². The molecule has 0 fully saturated rings. The summed E-state index contributed by atoms with van der Waals surface area (Å²) in [7, 11) is 1.50. The molecule has 0 saturated carbocycles. The highest BCUT2D eigenvalue weighted by Crippen LogP contribution is 2.34. The summed E-state index contributed by atoms with van der Waals surface area (Å²) in [5, 5.41) is 20.3. The second-order valence-corrected chi connectivity index (χ2v) is 6.01. The number of hydrogen-bond acceptors (Lipinski definition) is 7. The quantitative estimate of drug-likeness (QED) is 0.578. The first-order valence-electron chi connectivity index (χ1n) is 7.17. The van der Waals surface area contributed by atoms with E-state index in [2.05, 4.69) is 20.2 Å². The molecule has 2 aliphatic heterocycles. The minimum Gasteiger partial charge on any atom is -0.504 e. The van der Waals surface area contributed by atoms with E-state index in [9.17, 15) is 5.11 Å². The third kappa shape index (κ3) is 2.55. The van der Waals surface area contributed by atoms with Crippen molar-refractivity contribution in [1.29, 1.82) is 0 Å². The molecule has 2 heterocycles. The highest BCUT2D eigenvalue weighted by molar-refractivity contribution is 7.18. The average molecular weight is 336 g/mol. The lowest BCUT2D eigenvalue weighted by atomic mass is 10.2. The number of phenols is 1. The van der Waals surface area contributed by atoms with Gasteiger partial charge in [0.1, 0.15) is 10.7 Å². The van der Waals surface area contributed by atoms with Crippen LogP contribution in [0.5, 0.6) is 11.5 Å². The van der Waals surface area contributed by atoms with Crippen LogP contribution in [0.3, 0.4) is 0 Å². The third-order valence-corrected chi connectivity index (χ3v) is 4.38. The van der Waals surface area contributed by atoms with Gasteiger partial charge in [0.25, 0.3) is 0 Å². The largest absolute Gasteiger partial charge is 0.504 e. The van der Waals surface area contributed by atoms with Crippen LogP contribution < -0.4 is 4.74 Å². The number of fused-ring (bicyclic) bond motifs is 3. The Bertz CT molecular complexity index is 1030. The molecule has 0 saturated heterocycles. The van der Waals surface area contributed by atoms with Gasteiger partial charge in [-0.3, -0.25) is 0 Å². The monoisotopic (exact) mass is 336 g/mol. The molecule has 0 aromatic heterocycles. The summed E-state index contributed by atoms with van der Waals surface area (Å²) in [4.78, 5) is 8.90. The second kappa shape index (κ2) is 5.86. The fraction of sp³-hybridized carbons (Fsp3) is 0.0588. The highest BCUT2D eigenvalue weighted by Gasteiger charge is 2.15. The predicted molar refractivity (Wildman–Crippen MR) is 93.7 cm³/mol. The number of methoxy groups -OCH3 is 1. The molecular weight excluding hydrogens is 324 g/mol. The summed E-state index contributed by atoms with van der Waals surface area (Å²) in [6.07, 6.45) is 1.65. The number of aliphatic imine (C=N–C) groups is 1. The zero-order chi connectivity index (χ0) is 16.5. The first kappa shape index (κ1) is 14.5. The Morgan fingerprint density at radius 3 is 2.92 bits per heavy atom. The molecule has 0 radical (unpaired) electrons. The van der Waals surface area contributed by atoms with Gasteiger partial charge in [0, 0.05) is 11.6 Å². The lowest BCUT2D eigenvalue weighted by Crippen LogP contribution is -1.88. The zero-order valence-electron chi connectivity index (χ0n) is 12.7. The average Bonchev–Trinajstić information content (AvgIpc) is 2.98. The topological polar surface area (TPSA) is 80.5 Å². The van der Waals surface area contributed by atoms with Gasteiger partial charge >= 0.3 is 0 Å². The standard InChI is InChI=1S/C17H12N4O2S/c1-23-14-8-10(6-7-13(14)22)9-18-17-21-20-15-11-4-2-3-5-12(11)19-16(15)24-17/h2-9,22H,1H3/b18-9+. The number of hydrogen-bond donors (Lipinski definition) is 1. The van der Waals surface area contributed by atoms with E-state index >= 15 is 0 Å². The van der Waals surface area contributed by atoms with Crippen molar-refractivity contribution in [1.82, 2.24) is 15.2 Å². The van der Waals surface area contributed by atoms with E-state index in [4.69, 9.17) is 4.74 Å². The molecule has 1 N–H and O–H groups in total. The predicted octanol–water partition coefficient (Wildman–Crippen LogP) is 3.66. The number of rotatable bonds is 3. The van der Waals surface area contributed by atoms with E-state index in [1.807, 2.05) is 24.3 Å². The number of nitrogens with zero attached hydrogens (tertiary/aromatic N) is 4. The normalized spacial score (nSPS) is 11.5. The molecule has 24 heavy (non-hydrogen) atoms. The summed E-state index contributed by atoms with van der Waals surface area (Å²) in [6, 6.07) is 12.8. The van der Waals surface area contributed by atoms with E-state index in [1.54, 1.807) is 24.4 Å². The van der Waals surface area contributed by atoms with Crippen LogP contribution in [0.1, 0.15) is 5.56 Å². The van der Waals surface area contributed by atoms with Crippen molar-refractivity contribution < 1.29 is 9.84 Å². The summed E-state index contributed by atoms with van der Waals surface area (Å²) in [6.45, 7) is 0. The van der Waals surface area contributed by atoms with Crippen molar-refractivity contribution in [3.63, 3.8) is 0 Å². The molecule has 2 aromatic rings. The maximum atomic E-state index is 9.61. The van der Waals surface area contributed by atoms with Gasteiger partial charge < -0.3 is 9.84 Å². The first-order valence-corrected chi connectivity index (χ1v) is 7.99. The van der Waals surface area contributed by atoms with Gasteiger partial charge in [-0.1, -0.05) is 29.5 Å². The Hall–Kier alpha value is -3.06. The lowest BCUT2D eigenvalue weighted by Gasteiger charge is -2.03. The van der Waals surface area contributed by atoms with Crippen LogP contribution in [0.25, 0.3) is 21.6 Å². The van der Waals surface area contributed by atoms with E-state index in [-0.39, 0.29) is 5.75 Å². The Kier molecular flexibility index (Phi) is 3.55. The zero-order valence-corrected chi connectivity index (χ0v) is 13.5. The first-order chi connectivity index (χ1) is 11.7. The Labute approximate surface area is 141 Å². The number of phenolic OH excluding ortho intramolecular Hbond substituents is 1. The maximum absolute atomic E-state index is 9.61. The SMILES string of the molecule is COc1cc(/C=N/c2nnc3c4ccccc4nc-3s2)ccc1O. The van der Waals surface area contributed by atoms with Crippen molar-refractivity contribution in [3.05, 3.63) is 48.0 Å². The van der Waals surface area contributed by atoms with Crippen molar-refractivity contribution in [2.45, 2.75) is 0 Å². The Morgan fingerprint density at radius 1 is 1.17 bits per heavy atom. The fourth-order valence-electron chi connectivity index (χ4n) is 2.37. The van der Waals surface area contributed by atoms with Crippen LogP contribution in [0.4, 0.5) is 5.13 Å². The minimum absolute atomic E-state index is 0.0892. The van der Waals surface area contributed by atoms with Crippen molar-refractivity contribution >= 4 is 33.6 Å². The van der Waals surface area contributed by atoms with E-state index < -0.39 is 0 Å². The van der Waals surface area contributed by atoms with Crippen LogP contribution in [0, 0.1) is 0 Å². The third-order valence-electron chi connectivity index (χ3n) is 3.54. The number of ether oxygens (including phenoxy) is 1. The maximum Gasteiger partial charge on any atom is 0.231 e. The van der Waals surface area contributed by atoms with Gasteiger partial charge in [-0.2, -0.15) is 0 Å². The molecule has 118 valence electrons. The number of para-hydroxylation sites is 1. The van der Waals surface area contributed by atoms with Gasteiger partial charge in [0.15, 0.2) is 11.5 Å². The summed E-state index contributed by atoms with van der Waals surface area (Å²) < 4.78 is 5.08. The smallest absolute Gasteiger partial charge is 0.231 e. The van der Waals surface area contributed by atoms with Crippen LogP contribution in [0.2, 0.25) is 0 Å². The molecule has 2 aliphatic rings. The second-order valence-electron chi connectivity index (χ2n) is 5.06. The number of aromatic nitrogens is 3. The van der Waals surface area contributed by atoms with E-state index in [0.717, 1.165) is 27.2 Å². The minimum atomic E-state index is 0.0892. The van der Waals surface area contributed by atoms with Crippen LogP contribution in [-0.4, -0.2) is 33.6 Å². The van der Waals surface area contributed by atoms with Gasteiger partial charge in [-0.05, 0) is 29.8 Å². The molecule has 6 nitrogen and oxygen atoms in total. The van der Waals surface area contributed by atoms with E-state index in [0.29, 0.717) is 10.9 Å². The molecule has 0 spiro atoms. The van der Waals surface area contributed by atoms with Crippen molar-refractivity contribution in [2.24, 2.45) is 4.99 Å². The molecule has 0 bridgehead atoms. The molecule has 7 heteroatoms. The van der Waals surface area contributed by atoms with Crippen LogP contribution >= 0.6 is 11.3 Å². The molecule has 0 amide bonds. The van der Waals surface area contributed by atoms with Gasteiger partial charge in [0.05, 0.1) is 12.6 Å². The molecule has 4 rings (SSSR count). The van der Waals surface area contributed by atoms with Crippen molar-refractivity contribution in [2.75, 3.05) is 7.11 Å². The van der Waals surface area contributed by atoms with Gasteiger partial charge in [-0.15, -0.1) is 10.2 Å². The van der Waals surface area contributed by atoms with Gasteiger partial charge in [-0.25, -0.2) is 9.98 Å². The Balaban J connectivity index is 1.69. The Morgan fingerprint density at radius 2 is 2.04 bits per heavy atom. The molecular formula is C17H12N4O2S. The molecule has 2 aromatic carbocycles. The van der Waals surface area contributed by atoms with Gasteiger partial charge in [0.2, 0.25) is 5.13 Å². The van der Waals surface area contributed by atoms with Crippen LogP contribution in [-0.2, 0) is 0 Å². The summed E-state index contributed by atoms with van der Waals surface area (Å²) in [5.74, 6) is 0.486. The summed E-state index contributed by atoms with van der Waals surface area (Å²) in [5.41, 5.74) is 2.49. The lowest BCUT2D eigenvalue weighted by molar-refractivity contribution is 0.373. The highest BCUT2D eigenvalue weighted by atomic mass is 32.1. The molecule has 0 unspecified atom stereocenters. The van der Waals surface area contributed by atoms with E-state index in [1.165, 1.54) is 18.4 Å². The number of aromatic hydroxyl groups is 1. The molecule has 0 atom stereocenters. The summed E-state index contributed by atoms with van der Waals surface area (Å²) >= 11 is 1.38.